The van der Waals surface area contributed by atoms with E-state index in [1.165, 1.54) is 12.8 Å². The number of hydrogen-bond acceptors (Lipinski definition) is 2. The van der Waals surface area contributed by atoms with Gasteiger partial charge in [0.15, 0.2) is 0 Å². The largest absolute Gasteiger partial charge is 0.380 e. The standard InChI is InChI=1S/C9H15NO2/c11-7-10-8-1-3-9(4-2-8)5-12-6-9/h7-8H,1-6H2,(H,10,11). The van der Waals surface area contributed by atoms with Crippen LogP contribution in [0.2, 0.25) is 0 Å². The minimum Gasteiger partial charge on any atom is -0.380 e. The maximum Gasteiger partial charge on any atom is 0.207 e. The van der Waals surface area contributed by atoms with Crippen molar-refractivity contribution >= 4 is 6.41 Å². The predicted molar refractivity (Wildman–Crippen MR) is 44.7 cm³/mol. The monoisotopic (exact) mass is 169 g/mol. The topological polar surface area (TPSA) is 38.3 Å². The molecule has 0 bridgehead atoms. The molecule has 2 rings (SSSR count). The van der Waals surface area contributed by atoms with Gasteiger partial charge in [0.25, 0.3) is 0 Å². The van der Waals surface area contributed by atoms with Crippen LogP contribution in [-0.4, -0.2) is 25.7 Å². The fourth-order valence-electron chi connectivity index (χ4n) is 2.17. The molecule has 0 atom stereocenters. The van der Waals surface area contributed by atoms with Crippen molar-refractivity contribution in [2.45, 2.75) is 31.7 Å². The van der Waals surface area contributed by atoms with Gasteiger partial charge in [0.1, 0.15) is 0 Å². The third kappa shape index (κ3) is 1.33. The molecule has 0 aromatic rings. The predicted octanol–water partition coefficient (Wildman–Crippen LogP) is 0.692. The molecule has 0 aromatic carbocycles. The van der Waals surface area contributed by atoms with E-state index in [4.69, 9.17) is 4.74 Å². The highest BCUT2D eigenvalue weighted by Crippen LogP contribution is 2.41. The lowest BCUT2D eigenvalue weighted by atomic mass is 9.71. The Morgan fingerprint density at radius 3 is 2.42 bits per heavy atom. The number of ether oxygens (including phenoxy) is 1. The van der Waals surface area contributed by atoms with Gasteiger partial charge >= 0.3 is 0 Å². The van der Waals surface area contributed by atoms with Crippen molar-refractivity contribution in [2.75, 3.05) is 13.2 Å². The van der Waals surface area contributed by atoms with E-state index in [0.717, 1.165) is 32.5 Å². The number of nitrogens with one attached hydrogen (secondary N) is 1. The minimum atomic E-state index is 0.425. The van der Waals surface area contributed by atoms with Crippen LogP contribution in [0, 0.1) is 5.41 Å². The Balaban J connectivity index is 1.80. The fraction of sp³-hybridized carbons (Fsp3) is 0.889. The molecule has 1 aliphatic heterocycles. The summed E-state index contributed by atoms with van der Waals surface area (Å²) in [6.45, 7) is 1.89. The molecule has 12 heavy (non-hydrogen) atoms. The highest BCUT2D eigenvalue weighted by atomic mass is 16.5. The van der Waals surface area contributed by atoms with Gasteiger partial charge in [-0.1, -0.05) is 0 Å². The Morgan fingerprint density at radius 2 is 2.00 bits per heavy atom. The second-order valence-corrected chi connectivity index (χ2v) is 4.05. The normalized spacial score (nSPS) is 28.0. The molecule has 2 fully saturated rings. The second-order valence-electron chi connectivity index (χ2n) is 4.05. The molecule has 0 aromatic heterocycles. The minimum absolute atomic E-state index is 0.425. The van der Waals surface area contributed by atoms with Crippen LogP contribution in [0.1, 0.15) is 25.7 Å². The lowest BCUT2D eigenvalue weighted by Gasteiger charge is -2.46. The Kier molecular flexibility index (Phi) is 2.05. The summed E-state index contributed by atoms with van der Waals surface area (Å²) in [7, 11) is 0. The summed E-state index contributed by atoms with van der Waals surface area (Å²) in [5.74, 6) is 0. The van der Waals surface area contributed by atoms with Gasteiger partial charge in [-0.15, -0.1) is 0 Å². The van der Waals surface area contributed by atoms with Crippen molar-refractivity contribution in [1.29, 1.82) is 0 Å². The van der Waals surface area contributed by atoms with Crippen molar-refractivity contribution in [3.05, 3.63) is 0 Å². The van der Waals surface area contributed by atoms with Crippen LogP contribution in [0.3, 0.4) is 0 Å². The molecule has 1 saturated carbocycles. The van der Waals surface area contributed by atoms with E-state index >= 15 is 0 Å². The number of carbonyl (C=O) groups is 1. The van der Waals surface area contributed by atoms with Crippen LogP contribution in [0.4, 0.5) is 0 Å². The molecule has 1 spiro atoms. The van der Waals surface area contributed by atoms with Crippen molar-refractivity contribution < 1.29 is 9.53 Å². The second kappa shape index (κ2) is 3.05. The molecule has 1 N–H and O–H groups in total. The van der Waals surface area contributed by atoms with Gasteiger partial charge < -0.3 is 10.1 Å². The lowest BCUT2D eigenvalue weighted by molar-refractivity contribution is -0.134. The van der Waals surface area contributed by atoms with Crippen molar-refractivity contribution in [3.63, 3.8) is 0 Å². The first-order valence-electron chi connectivity index (χ1n) is 4.62. The van der Waals surface area contributed by atoms with Crippen LogP contribution in [0.15, 0.2) is 0 Å². The molecule has 1 heterocycles. The summed E-state index contributed by atoms with van der Waals surface area (Å²) in [5, 5.41) is 2.85. The third-order valence-electron chi connectivity index (χ3n) is 3.17. The van der Waals surface area contributed by atoms with E-state index in [2.05, 4.69) is 5.32 Å². The highest BCUT2D eigenvalue weighted by molar-refractivity contribution is 5.46. The van der Waals surface area contributed by atoms with Gasteiger partial charge in [-0.25, -0.2) is 0 Å². The molecule has 3 nitrogen and oxygen atoms in total. The highest BCUT2D eigenvalue weighted by Gasteiger charge is 2.41. The number of amides is 1. The Hall–Kier alpha value is -0.570. The average Bonchev–Trinajstić information content (AvgIpc) is 2.04. The molecule has 0 radical (unpaired) electrons. The average molecular weight is 169 g/mol. The van der Waals surface area contributed by atoms with Crippen LogP contribution in [0.25, 0.3) is 0 Å². The van der Waals surface area contributed by atoms with E-state index < -0.39 is 0 Å². The first-order chi connectivity index (χ1) is 5.85. The van der Waals surface area contributed by atoms with E-state index in [9.17, 15) is 4.79 Å². The van der Waals surface area contributed by atoms with Gasteiger partial charge in [0.2, 0.25) is 6.41 Å². The zero-order valence-corrected chi connectivity index (χ0v) is 7.21. The van der Waals surface area contributed by atoms with E-state index in [-0.39, 0.29) is 0 Å². The van der Waals surface area contributed by atoms with Gasteiger partial charge in [0, 0.05) is 11.5 Å². The molecule has 1 aliphatic carbocycles. The van der Waals surface area contributed by atoms with Crippen molar-refractivity contribution in [2.24, 2.45) is 5.41 Å². The van der Waals surface area contributed by atoms with Gasteiger partial charge in [0.05, 0.1) is 13.2 Å². The Labute approximate surface area is 72.5 Å². The summed E-state index contributed by atoms with van der Waals surface area (Å²) in [4.78, 5) is 10.2. The first-order valence-corrected chi connectivity index (χ1v) is 4.62. The maximum absolute atomic E-state index is 10.2. The van der Waals surface area contributed by atoms with Gasteiger partial charge in [-0.3, -0.25) is 4.79 Å². The third-order valence-corrected chi connectivity index (χ3v) is 3.17. The zero-order valence-electron chi connectivity index (χ0n) is 7.21. The quantitative estimate of drug-likeness (QED) is 0.618. The first kappa shape index (κ1) is 8.05. The fourth-order valence-corrected chi connectivity index (χ4v) is 2.17. The SMILES string of the molecule is O=CNC1CCC2(CC1)COC2. The molecule has 2 aliphatic rings. The zero-order chi connectivity index (χ0) is 8.44. The van der Waals surface area contributed by atoms with Crippen LogP contribution < -0.4 is 5.32 Å². The summed E-state index contributed by atoms with van der Waals surface area (Å²) in [6.07, 6.45) is 5.52. The lowest BCUT2D eigenvalue weighted by Crippen LogP contribution is -2.48. The Morgan fingerprint density at radius 1 is 1.33 bits per heavy atom. The van der Waals surface area contributed by atoms with E-state index in [1.807, 2.05) is 0 Å². The number of rotatable bonds is 2. The summed E-state index contributed by atoms with van der Waals surface area (Å²) < 4.78 is 5.22. The van der Waals surface area contributed by atoms with E-state index in [0.29, 0.717) is 11.5 Å². The smallest absolute Gasteiger partial charge is 0.207 e. The van der Waals surface area contributed by atoms with Crippen LogP contribution in [0.5, 0.6) is 0 Å². The number of carbonyl (C=O) groups excluding carboxylic acids is 1. The van der Waals surface area contributed by atoms with Crippen molar-refractivity contribution in [3.8, 4) is 0 Å². The van der Waals surface area contributed by atoms with Gasteiger partial charge in [-0.05, 0) is 25.7 Å². The molecule has 3 heteroatoms. The Bertz CT molecular complexity index is 167. The molecule has 1 saturated heterocycles. The van der Waals surface area contributed by atoms with E-state index in [1.54, 1.807) is 0 Å². The molecular formula is C9H15NO2. The van der Waals surface area contributed by atoms with Crippen LogP contribution in [-0.2, 0) is 9.53 Å². The molecular weight excluding hydrogens is 154 g/mol. The summed E-state index contributed by atoms with van der Waals surface area (Å²) in [5.41, 5.74) is 0.501. The summed E-state index contributed by atoms with van der Waals surface area (Å²) in [6, 6.07) is 0.425. The number of hydrogen-bond donors (Lipinski definition) is 1. The van der Waals surface area contributed by atoms with Gasteiger partial charge in [-0.2, -0.15) is 0 Å². The molecule has 0 unspecified atom stereocenters. The van der Waals surface area contributed by atoms with Crippen molar-refractivity contribution in [1.82, 2.24) is 5.32 Å². The molecule has 1 amide bonds. The van der Waals surface area contributed by atoms with Crippen LogP contribution >= 0.6 is 0 Å². The molecule has 68 valence electrons. The maximum atomic E-state index is 10.2. The summed E-state index contributed by atoms with van der Waals surface area (Å²) >= 11 is 0.